The van der Waals surface area contributed by atoms with Gasteiger partial charge in [0.05, 0.1) is 0 Å². The summed E-state index contributed by atoms with van der Waals surface area (Å²) in [7, 11) is 0. The van der Waals surface area contributed by atoms with Gasteiger partial charge in [0, 0.05) is 5.54 Å². The second kappa shape index (κ2) is 5.87. The van der Waals surface area contributed by atoms with Crippen molar-refractivity contribution in [3.63, 3.8) is 0 Å². The van der Waals surface area contributed by atoms with Crippen molar-refractivity contribution in [3.8, 4) is 5.75 Å². The van der Waals surface area contributed by atoms with Crippen LogP contribution in [-0.2, 0) is 4.79 Å². The number of nitrogens with one attached hydrogen (secondary N) is 1. The first-order valence-electron chi connectivity index (χ1n) is 5.98. The summed E-state index contributed by atoms with van der Waals surface area (Å²) in [5, 5.41) is 12.4. The molecule has 1 unspecified atom stereocenters. The lowest BCUT2D eigenvalue weighted by atomic mass is 10.1. The van der Waals surface area contributed by atoms with E-state index in [1.54, 1.807) is 0 Å². The van der Waals surface area contributed by atoms with Crippen LogP contribution in [0.25, 0.3) is 0 Å². The van der Waals surface area contributed by atoms with Crippen molar-refractivity contribution < 1.29 is 14.6 Å². The van der Waals surface area contributed by atoms with Gasteiger partial charge in [0.15, 0.2) is 6.10 Å². The van der Waals surface area contributed by atoms with Gasteiger partial charge >= 0.3 is 0 Å². The van der Waals surface area contributed by atoms with E-state index in [0.717, 1.165) is 5.56 Å². The van der Waals surface area contributed by atoms with Gasteiger partial charge in [-0.3, -0.25) is 4.79 Å². The second-order valence-corrected chi connectivity index (χ2v) is 5.33. The predicted octanol–water partition coefficient (Wildman–Crippen LogP) is 1.65. The maximum Gasteiger partial charge on any atom is 0.252 e. The Bertz CT molecular complexity index is 410. The van der Waals surface area contributed by atoms with Crippen LogP contribution in [0.15, 0.2) is 24.3 Å². The van der Waals surface area contributed by atoms with Crippen LogP contribution in [0.1, 0.15) is 26.3 Å². The number of aliphatic hydroxyl groups is 1. The highest BCUT2D eigenvalue weighted by Crippen LogP contribution is 2.16. The summed E-state index contributed by atoms with van der Waals surface area (Å²) < 4.78 is 5.42. The van der Waals surface area contributed by atoms with Crippen LogP contribution in [0.5, 0.6) is 5.75 Å². The summed E-state index contributed by atoms with van der Waals surface area (Å²) in [5.41, 5.74) is 0.613. The number of hydrogen-bond donors (Lipinski definition) is 2. The van der Waals surface area contributed by atoms with E-state index in [0.29, 0.717) is 5.75 Å². The second-order valence-electron chi connectivity index (χ2n) is 5.33. The molecule has 0 fully saturated rings. The minimum Gasteiger partial charge on any atom is -0.490 e. The predicted molar refractivity (Wildman–Crippen MR) is 70.6 cm³/mol. The first kappa shape index (κ1) is 14.5. The minimum absolute atomic E-state index is 0.0488. The van der Waals surface area contributed by atoms with Crippen molar-refractivity contribution in [2.24, 2.45) is 0 Å². The molecule has 1 aromatic rings. The van der Waals surface area contributed by atoms with Gasteiger partial charge < -0.3 is 15.2 Å². The Morgan fingerprint density at radius 1 is 1.39 bits per heavy atom. The highest BCUT2D eigenvalue weighted by atomic mass is 16.5. The molecule has 0 aliphatic rings. The van der Waals surface area contributed by atoms with Crippen LogP contribution < -0.4 is 10.1 Å². The maximum absolute atomic E-state index is 11.6. The van der Waals surface area contributed by atoms with Gasteiger partial charge in [0.1, 0.15) is 12.4 Å². The van der Waals surface area contributed by atoms with Crippen LogP contribution in [0.4, 0.5) is 0 Å². The molecule has 0 saturated carbocycles. The molecule has 0 spiro atoms. The Balaban J connectivity index is 2.49. The summed E-state index contributed by atoms with van der Waals surface area (Å²) in [6, 6.07) is 7.48. The number of rotatable bonds is 4. The Labute approximate surface area is 108 Å². The van der Waals surface area contributed by atoms with E-state index in [9.17, 15) is 9.90 Å². The molecule has 0 heterocycles. The van der Waals surface area contributed by atoms with E-state index in [1.807, 2.05) is 52.0 Å². The quantitative estimate of drug-likeness (QED) is 0.855. The number of carbonyl (C=O) groups excluding carboxylic acids is 1. The van der Waals surface area contributed by atoms with Crippen LogP contribution >= 0.6 is 0 Å². The number of aryl methyl sites for hydroxylation is 1. The van der Waals surface area contributed by atoms with Gasteiger partial charge in [-0.1, -0.05) is 18.2 Å². The molecule has 1 aromatic carbocycles. The minimum atomic E-state index is -1.16. The third kappa shape index (κ3) is 4.75. The average Bonchev–Trinajstić information content (AvgIpc) is 2.25. The zero-order chi connectivity index (χ0) is 13.8. The van der Waals surface area contributed by atoms with E-state index in [4.69, 9.17) is 4.74 Å². The smallest absolute Gasteiger partial charge is 0.252 e. The van der Waals surface area contributed by atoms with Crippen LogP contribution in [-0.4, -0.2) is 29.3 Å². The molecule has 0 radical (unpaired) electrons. The molecule has 1 atom stereocenters. The topological polar surface area (TPSA) is 58.6 Å². The van der Waals surface area contributed by atoms with Crippen molar-refractivity contribution in [1.82, 2.24) is 5.32 Å². The standard InChI is InChI=1S/C14H21NO3/c1-10-7-5-6-8-12(10)18-9-11(16)13(17)15-14(2,3)4/h5-8,11,16H,9H2,1-4H3,(H,15,17). The van der Waals surface area contributed by atoms with Gasteiger partial charge in [-0.15, -0.1) is 0 Å². The first-order chi connectivity index (χ1) is 8.29. The van der Waals surface area contributed by atoms with Crippen molar-refractivity contribution in [1.29, 1.82) is 0 Å². The molecular formula is C14H21NO3. The van der Waals surface area contributed by atoms with Crippen molar-refractivity contribution in [2.45, 2.75) is 39.3 Å². The summed E-state index contributed by atoms with van der Waals surface area (Å²) in [6.45, 7) is 7.45. The monoisotopic (exact) mass is 251 g/mol. The van der Waals surface area contributed by atoms with Crippen LogP contribution in [0.2, 0.25) is 0 Å². The molecule has 0 aliphatic carbocycles. The van der Waals surface area contributed by atoms with Gasteiger partial charge in [-0.2, -0.15) is 0 Å². The van der Waals surface area contributed by atoms with Crippen LogP contribution in [0.3, 0.4) is 0 Å². The highest BCUT2D eigenvalue weighted by molar-refractivity contribution is 5.81. The summed E-state index contributed by atoms with van der Waals surface area (Å²) in [6.07, 6.45) is -1.16. The van der Waals surface area contributed by atoms with E-state index in [2.05, 4.69) is 5.32 Å². The maximum atomic E-state index is 11.6. The zero-order valence-corrected chi connectivity index (χ0v) is 11.4. The molecule has 0 bridgehead atoms. The zero-order valence-electron chi connectivity index (χ0n) is 11.4. The molecule has 18 heavy (non-hydrogen) atoms. The fourth-order valence-electron chi connectivity index (χ4n) is 1.42. The number of benzene rings is 1. The fraction of sp³-hybridized carbons (Fsp3) is 0.500. The number of aliphatic hydroxyl groups excluding tert-OH is 1. The summed E-state index contributed by atoms with van der Waals surface area (Å²) in [5.74, 6) is 0.260. The fourth-order valence-corrected chi connectivity index (χ4v) is 1.42. The number of ether oxygens (including phenoxy) is 1. The number of para-hydroxylation sites is 1. The molecule has 0 aliphatic heterocycles. The highest BCUT2D eigenvalue weighted by Gasteiger charge is 2.21. The largest absolute Gasteiger partial charge is 0.490 e. The van der Waals surface area contributed by atoms with Crippen molar-refractivity contribution in [2.75, 3.05) is 6.61 Å². The average molecular weight is 251 g/mol. The molecule has 1 rings (SSSR count). The van der Waals surface area contributed by atoms with E-state index >= 15 is 0 Å². The third-order valence-electron chi connectivity index (χ3n) is 2.29. The Kier molecular flexibility index (Phi) is 4.73. The molecule has 0 saturated heterocycles. The van der Waals surface area contributed by atoms with E-state index < -0.39 is 12.0 Å². The lowest BCUT2D eigenvalue weighted by Crippen LogP contribution is -2.47. The Morgan fingerprint density at radius 3 is 2.56 bits per heavy atom. The Morgan fingerprint density at radius 2 is 2.00 bits per heavy atom. The molecule has 1 amide bonds. The number of amides is 1. The SMILES string of the molecule is Cc1ccccc1OCC(O)C(=O)NC(C)(C)C. The molecule has 2 N–H and O–H groups in total. The molecular weight excluding hydrogens is 230 g/mol. The first-order valence-corrected chi connectivity index (χ1v) is 5.98. The lowest BCUT2D eigenvalue weighted by Gasteiger charge is -2.22. The molecule has 100 valence electrons. The summed E-state index contributed by atoms with van der Waals surface area (Å²) >= 11 is 0. The van der Waals surface area contributed by atoms with Crippen molar-refractivity contribution in [3.05, 3.63) is 29.8 Å². The third-order valence-corrected chi connectivity index (χ3v) is 2.29. The van der Waals surface area contributed by atoms with Gasteiger partial charge in [-0.05, 0) is 39.3 Å². The lowest BCUT2D eigenvalue weighted by molar-refractivity contribution is -0.132. The van der Waals surface area contributed by atoms with Gasteiger partial charge in [-0.25, -0.2) is 0 Å². The molecule has 4 nitrogen and oxygen atoms in total. The van der Waals surface area contributed by atoms with E-state index in [1.165, 1.54) is 0 Å². The van der Waals surface area contributed by atoms with Gasteiger partial charge in [0.2, 0.25) is 0 Å². The molecule has 0 aromatic heterocycles. The Hall–Kier alpha value is -1.55. The number of hydrogen-bond acceptors (Lipinski definition) is 3. The summed E-state index contributed by atoms with van der Waals surface area (Å²) in [4.78, 5) is 11.6. The van der Waals surface area contributed by atoms with Crippen molar-refractivity contribution >= 4 is 5.91 Å². The number of carbonyl (C=O) groups is 1. The van der Waals surface area contributed by atoms with Gasteiger partial charge in [0.25, 0.3) is 5.91 Å². The molecule has 4 heteroatoms. The van der Waals surface area contributed by atoms with Crippen LogP contribution in [0, 0.1) is 6.92 Å². The normalized spacial score (nSPS) is 12.9. The van der Waals surface area contributed by atoms with E-state index in [-0.39, 0.29) is 12.1 Å².